The van der Waals surface area contributed by atoms with E-state index in [2.05, 4.69) is 0 Å². The van der Waals surface area contributed by atoms with Crippen molar-refractivity contribution < 1.29 is 13.9 Å². The largest absolute Gasteiger partial charge is 0.508 e. The Bertz CT molecular complexity index is 535. The SMILES string of the molecule is Cc1cc(O)ccc1-c1ccc(F)c(F)c1. The molecule has 3 heteroatoms. The summed E-state index contributed by atoms with van der Waals surface area (Å²) in [6, 6.07) is 8.53. The lowest BCUT2D eigenvalue weighted by molar-refractivity contribution is 0.475. The second kappa shape index (κ2) is 3.93. The highest BCUT2D eigenvalue weighted by Crippen LogP contribution is 2.27. The van der Waals surface area contributed by atoms with Gasteiger partial charge >= 0.3 is 0 Å². The quantitative estimate of drug-likeness (QED) is 0.777. The summed E-state index contributed by atoms with van der Waals surface area (Å²) in [6.45, 7) is 1.80. The molecule has 2 aromatic rings. The molecule has 0 spiro atoms. The third-order valence-corrected chi connectivity index (χ3v) is 2.44. The molecule has 0 saturated heterocycles. The highest BCUT2D eigenvalue weighted by molar-refractivity contribution is 5.68. The minimum Gasteiger partial charge on any atom is -0.508 e. The maximum atomic E-state index is 13.1. The predicted octanol–water partition coefficient (Wildman–Crippen LogP) is 3.65. The Morgan fingerprint density at radius 1 is 0.938 bits per heavy atom. The van der Waals surface area contributed by atoms with Gasteiger partial charge in [0.1, 0.15) is 5.75 Å². The normalized spacial score (nSPS) is 10.4. The van der Waals surface area contributed by atoms with Gasteiger partial charge < -0.3 is 5.11 Å². The first-order valence-corrected chi connectivity index (χ1v) is 4.83. The zero-order valence-electron chi connectivity index (χ0n) is 8.67. The van der Waals surface area contributed by atoms with E-state index in [1.54, 1.807) is 19.1 Å². The van der Waals surface area contributed by atoms with Crippen LogP contribution in [-0.4, -0.2) is 5.11 Å². The van der Waals surface area contributed by atoms with Crippen LogP contribution in [0.3, 0.4) is 0 Å². The molecule has 0 bridgehead atoms. The van der Waals surface area contributed by atoms with Crippen LogP contribution in [0.25, 0.3) is 11.1 Å². The molecular weight excluding hydrogens is 210 g/mol. The zero-order chi connectivity index (χ0) is 11.7. The number of phenols is 1. The topological polar surface area (TPSA) is 20.2 Å². The second-order valence-electron chi connectivity index (χ2n) is 3.63. The van der Waals surface area contributed by atoms with Crippen LogP contribution in [0.15, 0.2) is 36.4 Å². The van der Waals surface area contributed by atoms with Crippen molar-refractivity contribution in [2.24, 2.45) is 0 Å². The number of hydrogen-bond donors (Lipinski definition) is 1. The van der Waals surface area contributed by atoms with Gasteiger partial charge in [-0.1, -0.05) is 12.1 Å². The van der Waals surface area contributed by atoms with Gasteiger partial charge in [0.25, 0.3) is 0 Å². The van der Waals surface area contributed by atoms with Gasteiger partial charge in [-0.05, 0) is 47.9 Å². The number of aromatic hydroxyl groups is 1. The lowest BCUT2D eigenvalue weighted by Crippen LogP contribution is -1.87. The van der Waals surface area contributed by atoms with E-state index in [-0.39, 0.29) is 5.75 Å². The fourth-order valence-corrected chi connectivity index (χ4v) is 1.64. The number of aryl methyl sites for hydroxylation is 1. The lowest BCUT2D eigenvalue weighted by atomic mass is 10.0. The van der Waals surface area contributed by atoms with Crippen molar-refractivity contribution in [3.63, 3.8) is 0 Å². The molecule has 2 rings (SSSR count). The molecule has 1 N–H and O–H groups in total. The van der Waals surface area contributed by atoms with Gasteiger partial charge in [0.15, 0.2) is 11.6 Å². The van der Waals surface area contributed by atoms with Crippen LogP contribution >= 0.6 is 0 Å². The van der Waals surface area contributed by atoms with E-state index in [0.717, 1.165) is 23.3 Å². The monoisotopic (exact) mass is 220 g/mol. The first kappa shape index (κ1) is 10.6. The van der Waals surface area contributed by atoms with E-state index in [0.29, 0.717) is 5.56 Å². The van der Waals surface area contributed by atoms with Crippen molar-refractivity contribution in [3.05, 3.63) is 53.6 Å². The average molecular weight is 220 g/mol. The molecule has 16 heavy (non-hydrogen) atoms. The molecule has 0 heterocycles. The highest BCUT2D eigenvalue weighted by Gasteiger charge is 2.06. The van der Waals surface area contributed by atoms with Gasteiger partial charge in [0.2, 0.25) is 0 Å². The summed E-state index contributed by atoms with van der Waals surface area (Å²) in [5, 5.41) is 9.25. The molecule has 0 aliphatic carbocycles. The van der Waals surface area contributed by atoms with Gasteiger partial charge in [0, 0.05) is 0 Å². The van der Waals surface area contributed by atoms with E-state index in [1.165, 1.54) is 12.1 Å². The van der Waals surface area contributed by atoms with Gasteiger partial charge in [-0.25, -0.2) is 8.78 Å². The van der Waals surface area contributed by atoms with Crippen LogP contribution in [0.2, 0.25) is 0 Å². The Morgan fingerprint density at radius 2 is 1.69 bits per heavy atom. The summed E-state index contributed by atoms with van der Waals surface area (Å²) >= 11 is 0. The minimum absolute atomic E-state index is 0.156. The standard InChI is InChI=1S/C13H10F2O/c1-8-6-10(16)3-4-11(8)9-2-5-12(14)13(15)7-9/h2-7,16H,1H3. The lowest BCUT2D eigenvalue weighted by Gasteiger charge is -2.06. The van der Waals surface area contributed by atoms with Crippen molar-refractivity contribution in [3.8, 4) is 16.9 Å². The molecule has 0 saturated carbocycles. The first-order valence-electron chi connectivity index (χ1n) is 4.83. The van der Waals surface area contributed by atoms with Crippen molar-refractivity contribution in [1.29, 1.82) is 0 Å². The summed E-state index contributed by atoms with van der Waals surface area (Å²) in [6.07, 6.45) is 0. The van der Waals surface area contributed by atoms with Crippen molar-refractivity contribution in [1.82, 2.24) is 0 Å². The van der Waals surface area contributed by atoms with Crippen molar-refractivity contribution in [2.75, 3.05) is 0 Å². The van der Waals surface area contributed by atoms with Crippen molar-refractivity contribution >= 4 is 0 Å². The fourth-order valence-electron chi connectivity index (χ4n) is 1.64. The molecule has 0 aliphatic heterocycles. The third-order valence-electron chi connectivity index (χ3n) is 2.44. The van der Waals surface area contributed by atoms with Crippen molar-refractivity contribution in [2.45, 2.75) is 6.92 Å². The second-order valence-corrected chi connectivity index (χ2v) is 3.63. The maximum absolute atomic E-state index is 13.1. The summed E-state index contributed by atoms with van der Waals surface area (Å²) in [5.41, 5.74) is 2.18. The summed E-state index contributed by atoms with van der Waals surface area (Å²) in [4.78, 5) is 0. The molecule has 82 valence electrons. The molecule has 0 atom stereocenters. The maximum Gasteiger partial charge on any atom is 0.159 e. The molecule has 0 fully saturated rings. The Labute approximate surface area is 92.0 Å². The first-order chi connectivity index (χ1) is 7.58. The summed E-state index contributed by atoms with van der Waals surface area (Å²) in [7, 11) is 0. The minimum atomic E-state index is -0.870. The van der Waals surface area contributed by atoms with Crippen LogP contribution in [0.5, 0.6) is 5.75 Å². The van der Waals surface area contributed by atoms with Crippen LogP contribution in [0, 0.1) is 18.6 Å². The average Bonchev–Trinajstić information content (AvgIpc) is 2.22. The Balaban J connectivity index is 2.54. The number of rotatable bonds is 1. The number of halogens is 2. The summed E-state index contributed by atoms with van der Waals surface area (Å²) in [5.74, 6) is -1.58. The highest BCUT2D eigenvalue weighted by atomic mass is 19.2. The van der Waals surface area contributed by atoms with Crippen LogP contribution < -0.4 is 0 Å². The Kier molecular flexibility index (Phi) is 2.60. The molecule has 0 aliphatic rings. The van der Waals surface area contributed by atoms with Gasteiger partial charge in [0.05, 0.1) is 0 Å². The number of hydrogen-bond acceptors (Lipinski definition) is 1. The van der Waals surface area contributed by atoms with Gasteiger partial charge in [-0.3, -0.25) is 0 Å². The Hall–Kier alpha value is -1.90. The molecular formula is C13H10F2O. The Morgan fingerprint density at radius 3 is 2.31 bits per heavy atom. The molecule has 0 unspecified atom stereocenters. The molecule has 1 nitrogen and oxygen atoms in total. The molecule has 0 amide bonds. The van der Waals surface area contributed by atoms with E-state index in [1.807, 2.05) is 0 Å². The molecule has 0 radical (unpaired) electrons. The fraction of sp³-hybridized carbons (Fsp3) is 0.0769. The van der Waals surface area contributed by atoms with Crippen LogP contribution in [-0.2, 0) is 0 Å². The smallest absolute Gasteiger partial charge is 0.159 e. The molecule has 0 aromatic heterocycles. The van der Waals surface area contributed by atoms with E-state index in [4.69, 9.17) is 0 Å². The van der Waals surface area contributed by atoms with E-state index < -0.39 is 11.6 Å². The van der Waals surface area contributed by atoms with Gasteiger partial charge in [-0.2, -0.15) is 0 Å². The predicted molar refractivity (Wildman–Crippen MR) is 58.2 cm³/mol. The zero-order valence-corrected chi connectivity index (χ0v) is 8.67. The van der Waals surface area contributed by atoms with Crippen LogP contribution in [0.4, 0.5) is 8.78 Å². The molecule has 2 aromatic carbocycles. The van der Waals surface area contributed by atoms with E-state index >= 15 is 0 Å². The third kappa shape index (κ3) is 1.89. The van der Waals surface area contributed by atoms with E-state index in [9.17, 15) is 13.9 Å². The van der Waals surface area contributed by atoms with Gasteiger partial charge in [-0.15, -0.1) is 0 Å². The number of benzene rings is 2. The summed E-state index contributed by atoms with van der Waals surface area (Å²) < 4.78 is 25.8. The van der Waals surface area contributed by atoms with Crippen LogP contribution in [0.1, 0.15) is 5.56 Å². The number of phenolic OH excluding ortho intramolecular Hbond substituents is 1.